The van der Waals surface area contributed by atoms with Crippen molar-refractivity contribution in [2.75, 3.05) is 5.32 Å². The average molecular weight is 253 g/mol. The quantitative estimate of drug-likeness (QED) is 0.797. The van der Waals surface area contributed by atoms with Crippen molar-refractivity contribution in [2.45, 2.75) is 39.2 Å². The van der Waals surface area contributed by atoms with Crippen molar-refractivity contribution in [2.24, 2.45) is 0 Å². The van der Waals surface area contributed by atoms with E-state index in [0.717, 1.165) is 5.69 Å². The van der Waals surface area contributed by atoms with E-state index in [0.29, 0.717) is 6.04 Å². The van der Waals surface area contributed by atoms with Crippen LogP contribution in [0.3, 0.4) is 0 Å². The van der Waals surface area contributed by atoms with Gasteiger partial charge in [0.25, 0.3) is 0 Å². The summed E-state index contributed by atoms with van der Waals surface area (Å²) >= 11 is 0. The zero-order valence-electron chi connectivity index (χ0n) is 12.3. The van der Waals surface area contributed by atoms with Crippen LogP contribution in [-0.2, 0) is 5.41 Å². The molecule has 0 radical (unpaired) electrons. The fourth-order valence-electron chi connectivity index (χ4n) is 2.14. The lowest BCUT2D eigenvalue weighted by Crippen LogP contribution is -2.12. The zero-order chi connectivity index (χ0) is 13.9. The minimum Gasteiger partial charge on any atom is -0.379 e. The second-order valence-corrected chi connectivity index (χ2v) is 6.10. The van der Waals surface area contributed by atoms with Crippen LogP contribution in [0, 0.1) is 0 Å². The number of rotatable bonds is 3. The monoisotopic (exact) mass is 253 g/mol. The minimum atomic E-state index is 0.217. The van der Waals surface area contributed by atoms with Crippen LogP contribution in [0.25, 0.3) is 0 Å². The molecule has 0 saturated carbocycles. The first-order valence-electron chi connectivity index (χ1n) is 6.89. The van der Waals surface area contributed by atoms with Gasteiger partial charge in [-0.2, -0.15) is 0 Å². The van der Waals surface area contributed by atoms with Gasteiger partial charge in [0, 0.05) is 11.7 Å². The third-order valence-corrected chi connectivity index (χ3v) is 3.43. The van der Waals surface area contributed by atoms with Crippen molar-refractivity contribution >= 4 is 5.69 Å². The molecule has 2 aromatic rings. The highest BCUT2D eigenvalue weighted by Crippen LogP contribution is 2.25. The van der Waals surface area contributed by atoms with Crippen molar-refractivity contribution < 1.29 is 0 Å². The standard InChI is InChI=1S/C18H23N/c1-14(19-17-8-6-5-7-9-17)15-10-12-16(13-11-15)18(2,3)4/h5-14,19H,1-4H3. The van der Waals surface area contributed by atoms with Crippen LogP contribution < -0.4 is 5.32 Å². The van der Waals surface area contributed by atoms with Crippen molar-refractivity contribution in [3.05, 3.63) is 65.7 Å². The average Bonchev–Trinajstić information content (AvgIpc) is 2.39. The Labute approximate surface area is 116 Å². The number of para-hydroxylation sites is 1. The molecule has 100 valence electrons. The molecule has 0 heterocycles. The molecule has 1 nitrogen and oxygen atoms in total. The molecule has 1 N–H and O–H groups in total. The number of anilines is 1. The predicted octanol–water partition coefficient (Wildman–Crippen LogP) is 5.16. The summed E-state index contributed by atoms with van der Waals surface area (Å²) in [7, 11) is 0. The Morgan fingerprint density at radius 1 is 0.842 bits per heavy atom. The van der Waals surface area contributed by atoms with E-state index >= 15 is 0 Å². The number of nitrogens with one attached hydrogen (secondary N) is 1. The lowest BCUT2D eigenvalue weighted by molar-refractivity contribution is 0.589. The molecule has 0 bridgehead atoms. The smallest absolute Gasteiger partial charge is 0.0485 e. The lowest BCUT2D eigenvalue weighted by Gasteiger charge is -2.21. The molecule has 0 aliphatic heterocycles. The van der Waals surface area contributed by atoms with E-state index in [2.05, 4.69) is 81.5 Å². The van der Waals surface area contributed by atoms with E-state index in [-0.39, 0.29) is 5.41 Å². The maximum Gasteiger partial charge on any atom is 0.0485 e. The van der Waals surface area contributed by atoms with Crippen LogP contribution >= 0.6 is 0 Å². The Kier molecular flexibility index (Phi) is 3.94. The van der Waals surface area contributed by atoms with E-state index < -0.39 is 0 Å². The number of benzene rings is 2. The molecule has 0 aliphatic rings. The van der Waals surface area contributed by atoms with Crippen LogP contribution in [0.2, 0.25) is 0 Å². The molecule has 2 aromatic carbocycles. The van der Waals surface area contributed by atoms with Crippen LogP contribution in [0.4, 0.5) is 5.69 Å². The van der Waals surface area contributed by atoms with Crippen molar-refractivity contribution in [1.82, 2.24) is 0 Å². The van der Waals surface area contributed by atoms with Crippen LogP contribution in [0.1, 0.15) is 44.9 Å². The van der Waals surface area contributed by atoms with Crippen molar-refractivity contribution in [3.8, 4) is 0 Å². The summed E-state index contributed by atoms with van der Waals surface area (Å²) in [6.45, 7) is 8.92. The molecule has 0 saturated heterocycles. The Bertz CT molecular complexity index is 506. The second-order valence-electron chi connectivity index (χ2n) is 6.10. The van der Waals surface area contributed by atoms with Gasteiger partial charge in [0.05, 0.1) is 0 Å². The van der Waals surface area contributed by atoms with E-state index in [1.165, 1.54) is 11.1 Å². The minimum absolute atomic E-state index is 0.217. The van der Waals surface area contributed by atoms with E-state index in [4.69, 9.17) is 0 Å². The first kappa shape index (κ1) is 13.7. The van der Waals surface area contributed by atoms with Gasteiger partial charge >= 0.3 is 0 Å². The van der Waals surface area contributed by atoms with Gasteiger partial charge in [0.15, 0.2) is 0 Å². The summed E-state index contributed by atoms with van der Waals surface area (Å²) < 4.78 is 0. The first-order chi connectivity index (χ1) is 8.97. The van der Waals surface area contributed by atoms with Gasteiger partial charge in [-0.3, -0.25) is 0 Å². The summed E-state index contributed by atoms with van der Waals surface area (Å²) in [5, 5.41) is 3.52. The van der Waals surface area contributed by atoms with Crippen LogP contribution in [-0.4, -0.2) is 0 Å². The van der Waals surface area contributed by atoms with Gasteiger partial charge in [0.2, 0.25) is 0 Å². The molecule has 1 heteroatoms. The summed E-state index contributed by atoms with van der Waals surface area (Å²) in [4.78, 5) is 0. The molecule has 0 aliphatic carbocycles. The summed E-state index contributed by atoms with van der Waals surface area (Å²) in [5.74, 6) is 0. The van der Waals surface area contributed by atoms with E-state index in [9.17, 15) is 0 Å². The molecule has 2 rings (SSSR count). The molecule has 1 atom stereocenters. The van der Waals surface area contributed by atoms with Crippen molar-refractivity contribution in [3.63, 3.8) is 0 Å². The molecule has 1 unspecified atom stereocenters. The Morgan fingerprint density at radius 3 is 1.95 bits per heavy atom. The molecular weight excluding hydrogens is 230 g/mol. The third-order valence-electron chi connectivity index (χ3n) is 3.43. The number of hydrogen-bond donors (Lipinski definition) is 1. The Hall–Kier alpha value is -1.76. The van der Waals surface area contributed by atoms with Crippen molar-refractivity contribution in [1.29, 1.82) is 0 Å². The third kappa shape index (κ3) is 3.60. The summed E-state index contributed by atoms with van der Waals surface area (Å²) in [6.07, 6.45) is 0. The van der Waals surface area contributed by atoms with E-state index in [1.807, 2.05) is 6.07 Å². The lowest BCUT2D eigenvalue weighted by atomic mass is 9.86. The second kappa shape index (κ2) is 5.48. The highest BCUT2D eigenvalue weighted by molar-refractivity contribution is 5.45. The predicted molar refractivity (Wildman–Crippen MR) is 83.6 cm³/mol. The molecule has 0 spiro atoms. The maximum absolute atomic E-state index is 3.52. The van der Waals surface area contributed by atoms with Crippen LogP contribution in [0.15, 0.2) is 54.6 Å². The fraction of sp³-hybridized carbons (Fsp3) is 0.333. The summed E-state index contributed by atoms with van der Waals surface area (Å²) in [5.41, 5.74) is 4.07. The van der Waals surface area contributed by atoms with Gasteiger partial charge in [-0.05, 0) is 35.6 Å². The largest absolute Gasteiger partial charge is 0.379 e. The molecule has 19 heavy (non-hydrogen) atoms. The maximum atomic E-state index is 3.52. The normalized spacial score (nSPS) is 13.1. The van der Waals surface area contributed by atoms with Crippen LogP contribution in [0.5, 0.6) is 0 Å². The van der Waals surface area contributed by atoms with Gasteiger partial charge in [-0.15, -0.1) is 0 Å². The highest BCUT2D eigenvalue weighted by atomic mass is 14.9. The summed E-state index contributed by atoms with van der Waals surface area (Å²) in [6, 6.07) is 19.6. The number of hydrogen-bond acceptors (Lipinski definition) is 1. The molecule has 0 fully saturated rings. The van der Waals surface area contributed by atoms with E-state index in [1.54, 1.807) is 0 Å². The van der Waals surface area contributed by atoms with Gasteiger partial charge in [0.1, 0.15) is 0 Å². The zero-order valence-corrected chi connectivity index (χ0v) is 12.3. The fourth-order valence-corrected chi connectivity index (χ4v) is 2.14. The Balaban J connectivity index is 2.10. The van der Waals surface area contributed by atoms with Gasteiger partial charge in [-0.25, -0.2) is 0 Å². The van der Waals surface area contributed by atoms with Gasteiger partial charge < -0.3 is 5.32 Å². The SMILES string of the molecule is CC(Nc1ccccc1)c1ccc(C(C)(C)C)cc1. The topological polar surface area (TPSA) is 12.0 Å². The highest BCUT2D eigenvalue weighted by Gasteiger charge is 2.13. The molecular formula is C18H23N. The molecule has 0 amide bonds. The molecule has 0 aromatic heterocycles. The first-order valence-corrected chi connectivity index (χ1v) is 6.89. The van der Waals surface area contributed by atoms with Gasteiger partial charge in [-0.1, -0.05) is 63.2 Å². The Morgan fingerprint density at radius 2 is 1.42 bits per heavy atom.